The maximum absolute atomic E-state index is 12.4. The van der Waals surface area contributed by atoms with Crippen molar-refractivity contribution in [3.8, 4) is 0 Å². The summed E-state index contributed by atoms with van der Waals surface area (Å²) >= 11 is 0. The van der Waals surface area contributed by atoms with Crippen LogP contribution >= 0.6 is 0 Å². The first-order valence-electron chi connectivity index (χ1n) is 14.3. The van der Waals surface area contributed by atoms with Gasteiger partial charge in [0.25, 0.3) is 10.1 Å². The summed E-state index contributed by atoms with van der Waals surface area (Å²) in [5, 5.41) is 23.0. The number of aliphatic hydroxyl groups excluding tert-OH is 2. The van der Waals surface area contributed by atoms with Crippen molar-refractivity contribution < 1.29 is 28.0 Å². The number of amides is 1. The minimum atomic E-state index is -4.44. The molecule has 4 N–H and O–H groups in total. The van der Waals surface area contributed by atoms with Crippen LogP contribution in [-0.4, -0.2) is 53.1 Å². The Morgan fingerprint density at radius 1 is 0.784 bits per heavy atom. The van der Waals surface area contributed by atoms with Crippen molar-refractivity contribution in [2.75, 3.05) is 5.75 Å². The molecule has 0 aromatic carbocycles. The van der Waals surface area contributed by atoms with Gasteiger partial charge in [0.05, 0.1) is 17.9 Å². The molecule has 216 valence electrons. The third-order valence-corrected chi connectivity index (χ3v) is 7.03. The van der Waals surface area contributed by atoms with Gasteiger partial charge in [-0.2, -0.15) is 8.42 Å². The summed E-state index contributed by atoms with van der Waals surface area (Å²) < 4.78 is 32.0. The van der Waals surface area contributed by atoms with E-state index in [9.17, 15) is 28.0 Å². The molecule has 0 heterocycles. The van der Waals surface area contributed by atoms with Crippen LogP contribution in [0, 0.1) is 0 Å². The lowest BCUT2D eigenvalue weighted by atomic mass is 10.0. The average molecular weight is 544 g/mol. The van der Waals surface area contributed by atoms with Crippen LogP contribution in [-0.2, 0) is 14.9 Å². The lowest BCUT2D eigenvalue weighted by molar-refractivity contribution is -0.130. The van der Waals surface area contributed by atoms with Crippen molar-refractivity contribution >= 4 is 16.0 Å². The molecule has 0 aliphatic heterocycles. The number of allylic oxidation sites excluding steroid dienone is 5. The molecule has 0 aliphatic carbocycles. The van der Waals surface area contributed by atoms with Crippen molar-refractivity contribution in [1.29, 1.82) is 0 Å². The molecule has 0 spiro atoms. The van der Waals surface area contributed by atoms with E-state index in [1.165, 1.54) is 51.0 Å². The molecule has 0 aliphatic rings. The molecule has 0 fully saturated rings. The topological polar surface area (TPSA) is 124 Å². The summed E-state index contributed by atoms with van der Waals surface area (Å²) in [7, 11) is -4.44. The van der Waals surface area contributed by atoms with Gasteiger partial charge in [0.15, 0.2) is 0 Å². The van der Waals surface area contributed by atoms with Gasteiger partial charge >= 0.3 is 0 Å². The minimum Gasteiger partial charge on any atom is -0.387 e. The minimum absolute atomic E-state index is 0.272. The van der Waals surface area contributed by atoms with Crippen LogP contribution in [0.25, 0.3) is 0 Å². The first-order chi connectivity index (χ1) is 17.7. The monoisotopic (exact) mass is 543 g/mol. The molecule has 0 saturated carbocycles. The number of nitrogens with one attached hydrogen (secondary N) is 1. The van der Waals surface area contributed by atoms with Crippen LogP contribution in [0.2, 0.25) is 0 Å². The maximum atomic E-state index is 12.4. The number of aliphatic hydroxyl groups is 2. The zero-order valence-electron chi connectivity index (χ0n) is 23.2. The van der Waals surface area contributed by atoms with E-state index in [0.29, 0.717) is 12.8 Å². The number of hydrogen-bond donors (Lipinski definition) is 4. The standard InChI is InChI=1S/C29H53NO6S/c1-3-5-7-9-11-13-14-16-18-20-22-24-28(32)29(33)30-26(25-37(34,35)36)27(31)23-21-19-17-15-12-10-8-6-4-2/h4,6,12,15,21,23,26-28,31-32H,3,5,7-11,13-14,16-20,22,24-25H2,1-2H3,(H,30,33)(H,34,35,36)/b6-4+,15-12+,23-21+. The zero-order chi connectivity index (χ0) is 27.8. The molecular weight excluding hydrogens is 490 g/mol. The highest BCUT2D eigenvalue weighted by molar-refractivity contribution is 7.85. The van der Waals surface area contributed by atoms with Gasteiger partial charge in [-0.25, -0.2) is 0 Å². The Morgan fingerprint density at radius 3 is 1.78 bits per heavy atom. The fourth-order valence-electron chi connectivity index (χ4n) is 4.02. The molecule has 0 radical (unpaired) electrons. The Bertz CT molecular complexity index is 747. The van der Waals surface area contributed by atoms with Crippen molar-refractivity contribution in [3.63, 3.8) is 0 Å². The van der Waals surface area contributed by atoms with Crippen LogP contribution < -0.4 is 5.32 Å². The van der Waals surface area contributed by atoms with Crippen molar-refractivity contribution in [1.82, 2.24) is 5.32 Å². The number of carbonyl (C=O) groups is 1. The van der Waals surface area contributed by atoms with E-state index < -0.39 is 40.0 Å². The lowest BCUT2D eigenvalue weighted by Gasteiger charge is -2.22. The molecule has 8 heteroatoms. The van der Waals surface area contributed by atoms with Crippen LogP contribution in [0.1, 0.15) is 117 Å². The zero-order valence-corrected chi connectivity index (χ0v) is 24.0. The highest BCUT2D eigenvalue weighted by Crippen LogP contribution is 2.13. The van der Waals surface area contributed by atoms with E-state index in [0.717, 1.165) is 38.5 Å². The molecule has 7 nitrogen and oxygen atoms in total. The Morgan fingerprint density at radius 2 is 1.27 bits per heavy atom. The normalized spacial score (nSPS) is 15.1. The molecule has 0 aromatic heterocycles. The Kier molecular flexibility index (Phi) is 22.7. The van der Waals surface area contributed by atoms with Gasteiger partial charge in [0, 0.05) is 0 Å². The predicted molar refractivity (Wildman–Crippen MR) is 153 cm³/mol. The highest BCUT2D eigenvalue weighted by atomic mass is 32.2. The molecule has 0 bridgehead atoms. The van der Waals surface area contributed by atoms with Gasteiger partial charge in [0.1, 0.15) is 6.10 Å². The predicted octanol–water partition coefficient (Wildman–Crippen LogP) is 6.03. The van der Waals surface area contributed by atoms with Crippen molar-refractivity contribution in [2.45, 2.75) is 135 Å². The molecule has 1 amide bonds. The van der Waals surface area contributed by atoms with Gasteiger partial charge in [-0.1, -0.05) is 114 Å². The molecular formula is C29H53NO6S. The molecule has 0 rings (SSSR count). The van der Waals surface area contributed by atoms with E-state index in [1.54, 1.807) is 6.08 Å². The number of carbonyl (C=O) groups excluding carboxylic acids is 1. The fraction of sp³-hybridized carbons (Fsp3) is 0.759. The quantitative estimate of drug-likeness (QED) is 0.0669. The van der Waals surface area contributed by atoms with Gasteiger partial charge in [-0.3, -0.25) is 9.35 Å². The highest BCUT2D eigenvalue weighted by Gasteiger charge is 2.27. The SMILES string of the molecule is C/C=C/CC/C=C/CC/C=C/C(O)C(CS(=O)(=O)O)NC(=O)C(O)CCCCCCCCCCCCC. The summed E-state index contributed by atoms with van der Waals surface area (Å²) in [6.45, 7) is 4.20. The first kappa shape index (κ1) is 35.5. The van der Waals surface area contributed by atoms with E-state index in [-0.39, 0.29) is 6.42 Å². The van der Waals surface area contributed by atoms with Crippen LogP contribution in [0.5, 0.6) is 0 Å². The van der Waals surface area contributed by atoms with Crippen LogP contribution in [0.15, 0.2) is 36.5 Å². The van der Waals surface area contributed by atoms with E-state index in [2.05, 4.69) is 24.4 Å². The first-order valence-corrected chi connectivity index (χ1v) is 15.9. The summed E-state index contributed by atoms with van der Waals surface area (Å²) in [6, 6.07) is -1.25. The smallest absolute Gasteiger partial charge is 0.267 e. The van der Waals surface area contributed by atoms with Gasteiger partial charge in [0.2, 0.25) is 5.91 Å². The van der Waals surface area contributed by atoms with Crippen molar-refractivity contribution in [2.24, 2.45) is 0 Å². The number of rotatable bonds is 24. The Labute approximate surface area is 226 Å². The van der Waals surface area contributed by atoms with E-state index in [4.69, 9.17) is 0 Å². The van der Waals surface area contributed by atoms with Crippen molar-refractivity contribution in [3.05, 3.63) is 36.5 Å². The summed E-state index contributed by atoms with van der Waals surface area (Å²) in [5.41, 5.74) is 0. The summed E-state index contributed by atoms with van der Waals surface area (Å²) in [6.07, 6.45) is 25.2. The fourth-order valence-corrected chi connectivity index (χ4v) is 4.76. The third-order valence-electron chi connectivity index (χ3n) is 6.25. The molecule has 3 unspecified atom stereocenters. The second kappa shape index (κ2) is 23.6. The van der Waals surface area contributed by atoms with Gasteiger partial charge in [-0.15, -0.1) is 0 Å². The van der Waals surface area contributed by atoms with Gasteiger partial charge < -0.3 is 15.5 Å². The van der Waals surface area contributed by atoms with Crippen LogP contribution in [0.3, 0.4) is 0 Å². The molecule has 37 heavy (non-hydrogen) atoms. The molecule has 0 aromatic rings. The average Bonchev–Trinajstić information content (AvgIpc) is 2.84. The van der Waals surface area contributed by atoms with Crippen LogP contribution in [0.4, 0.5) is 0 Å². The largest absolute Gasteiger partial charge is 0.387 e. The second-order valence-electron chi connectivity index (χ2n) is 9.82. The summed E-state index contributed by atoms with van der Waals surface area (Å²) in [4.78, 5) is 12.4. The maximum Gasteiger partial charge on any atom is 0.267 e. The van der Waals surface area contributed by atoms with Gasteiger partial charge in [-0.05, 0) is 39.0 Å². The Balaban J connectivity index is 4.34. The van der Waals surface area contributed by atoms with E-state index >= 15 is 0 Å². The number of hydrogen-bond acceptors (Lipinski definition) is 5. The van der Waals surface area contributed by atoms with E-state index in [1.807, 2.05) is 19.1 Å². The lowest BCUT2D eigenvalue weighted by Crippen LogP contribution is -2.50. The second-order valence-corrected chi connectivity index (χ2v) is 11.3. The summed E-state index contributed by atoms with van der Waals surface area (Å²) in [5.74, 6) is -1.57. The molecule has 3 atom stereocenters. The number of unbranched alkanes of at least 4 members (excludes halogenated alkanes) is 12. The molecule has 0 saturated heterocycles. The Hall–Kier alpha value is -1.48. The third kappa shape index (κ3) is 23.4.